The zero-order valence-corrected chi connectivity index (χ0v) is 14.8. The Morgan fingerprint density at radius 2 is 1.79 bits per heavy atom. The van der Waals surface area contributed by atoms with Crippen molar-refractivity contribution in [1.82, 2.24) is 9.78 Å². The van der Waals surface area contributed by atoms with Crippen molar-refractivity contribution in [3.63, 3.8) is 0 Å². The molecule has 1 aromatic heterocycles. The number of esters is 1. The van der Waals surface area contributed by atoms with E-state index in [2.05, 4.69) is 5.10 Å². The van der Waals surface area contributed by atoms with Crippen molar-refractivity contribution in [2.45, 2.75) is 23.6 Å². The van der Waals surface area contributed by atoms with Gasteiger partial charge < -0.3 is 4.74 Å². The van der Waals surface area contributed by atoms with E-state index in [-0.39, 0.29) is 5.97 Å². The molecule has 3 rings (SSSR count). The van der Waals surface area contributed by atoms with Gasteiger partial charge in [0.25, 0.3) is 0 Å². The number of hydrogen-bond donors (Lipinski definition) is 0. The van der Waals surface area contributed by atoms with Crippen molar-refractivity contribution < 1.29 is 9.53 Å². The highest BCUT2D eigenvalue weighted by Crippen LogP contribution is 2.39. The molecule has 0 saturated heterocycles. The first-order chi connectivity index (χ1) is 11.5. The fraction of sp³-hybridized carbons (Fsp3) is 0.111. The van der Waals surface area contributed by atoms with Gasteiger partial charge in [-0.3, -0.25) is 4.79 Å². The van der Waals surface area contributed by atoms with E-state index in [1.165, 1.54) is 18.7 Å². The molecular formula is C18H15ClN2O2S. The van der Waals surface area contributed by atoms with Gasteiger partial charge in [-0.15, -0.1) is 0 Å². The average molecular weight is 359 g/mol. The van der Waals surface area contributed by atoms with Gasteiger partial charge >= 0.3 is 5.97 Å². The summed E-state index contributed by atoms with van der Waals surface area (Å²) in [6.45, 7) is 3.28. The SMILES string of the molecule is CC(=O)Oc1c(Sc2ccc(Cl)cc2)c(C)nn1-c1ccccc1. The summed E-state index contributed by atoms with van der Waals surface area (Å²) in [5, 5.41) is 5.22. The zero-order chi connectivity index (χ0) is 17.1. The monoisotopic (exact) mass is 358 g/mol. The molecule has 0 radical (unpaired) electrons. The van der Waals surface area contributed by atoms with E-state index in [4.69, 9.17) is 16.3 Å². The number of halogens is 1. The molecular weight excluding hydrogens is 344 g/mol. The Hall–Kier alpha value is -2.24. The lowest BCUT2D eigenvalue weighted by Gasteiger charge is -2.08. The lowest BCUT2D eigenvalue weighted by atomic mass is 10.3. The van der Waals surface area contributed by atoms with Gasteiger partial charge in [0.1, 0.15) is 0 Å². The van der Waals surface area contributed by atoms with Crippen LogP contribution in [0.3, 0.4) is 0 Å². The second kappa shape index (κ2) is 7.11. The molecule has 0 saturated carbocycles. The highest BCUT2D eigenvalue weighted by molar-refractivity contribution is 7.99. The molecule has 0 aliphatic rings. The maximum Gasteiger partial charge on any atom is 0.309 e. The Labute approximate surface area is 149 Å². The molecule has 0 aliphatic carbocycles. The van der Waals surface area contributed by atoms with Gasteiger partial charge in [-0.25, -0.2) is 0 Å². The zero-order valence-electron chi connectivity index (χ0n) is 13.2. The Kier molecular flexibility index (Phi) is 4.92. The molecule has 3 aromatic rings. The minimum Gasteiger partial charge on any atom is -0.406 e. The van der Waals surface area contributed by atoms with Crippen molar-refractivity contribution in [3.8, 4) is 11.6 Å². The third-order valence-corrected chi connectivity index (χ3v) is 4.67. The first-order valence-electron chi connectivity index (χ1n) is 7.31. The van der Waals surface area contributed by atoms with Crippen LogP contribution in [0.4, 0.5) is 0 Å². The Morgan fingerprint density at radius 3 is 2.42 bits per heavy atom. The van der Waals surface area contributed by atoms with Crippen LogP contribution in [-0.2, 0) is 4.79 Å². The van der Waals surface area contributed by atoms with Crippen molar-refractivity contribution in [2.24, 2.45) is 0 Å². The maximum atomic E-state index is 11.6. The van der Waals surface area contributed by atoms with E-state index < -0.39 is 0 Å². The smallest absolute Gasteiger partial charge is 0.309 e. The molecule has 0 fully saturated rings. The number of benzene rings is 2. The predicted octanol–water partition coefficient (Wildman–Crippen LogP) is 4.91. The summed E-state index contributed by atoms with van der Waals surface area (Å²) in [5.41, 5.74) is 1.62. The molecule has 0 amide bonds. The number of para-hydroxylation sites is 1. The van der Waals surface area contributed by atoms with Crippen LogP contribution in [0.2, 0.25) is 5.02 Å². The van der Waals surface area contributed by atoms with Crippen molar-refractivity contribution in [2.75, 3.05) is 0 Å². The van der Waals surface area contributed by atoms with Gasteiger partial charge in [0, 0.05) is 16.8 Å². The van der Waals surface area contributed by atoms with Gasteiger partial charge in [0.15, 0.2) is 0 Å². The number of hydrogen-bond acceptors (Lipinski definition) is 4. The third kappa shape index (κ3) is 3.63. The summed E-state index contributed by atoms with van der Waals surface area (Å²) in [5.74, 6) is 0.0381. The number of aryl methyl sites for hydroxylation is 1. The number of nitrogens with zero attached hydrogens (tertiary/aromatic N) is 2. The summed E-state index contributed by atoms with van der Waals surface area (Å²) >= 11 is 7.42. The van der Waals surface area contributed by atoms with E-state index >= 15 is 0 Å². The average Bonchev–Trinajstić information content (AvgIpc) is 2.86. The van der Waals surface area contributed by atoms with E-state index in [9.17, 15) is 4.79 Å². The van der Waals surface area contributed by atoms with Crippen LogP contribution in [0.1, 0.15) is 12.6 Å². The third-order valence-electron chi connectivity index (χ3n) is 3.24. The van der Waals surface area contributed by atoms with Crippen LogP contribution in [0, 0.1) is 6.92 Å². The molecule has 0 unspecified atom stereocenters. The fourth-order valence-electron chi connectivity index (χ4n) is 2.20. The standard InChI is InChI=1S/C18H15ClN2O2S/c1-12-17(24-16-10-8-14(19)9-11-16)18(23-13(2)22)21(20-12)15-6-4-3-5-7-15/h3-11H,1-2H3. The lowest BCUT2D eigenvalue weighted by molar-refractivity contribution is -0.132. The van der Waals surface area contributed by atoms with Crippen LogP contribution in [0.5, 0.6) is 5.88 Å². The number of rotatable bonds is 4. The molecule has 0 N–H and O–H groups in total. The topological polar surface area (TPSA) is 44.1 Å². The quantitative estimate of drug-likeness (QED) is 0.621. The number of carbonyl (C=O) groups excluding carboxylic acids is 1. The van der Waals surface area contributed by atoms with E-state index in [0.29, 0.717) is 10.9 Å². The Bertz CT molecular complexity index is 861. The van der Waals surface area contributed by atoms with Gasteiger partial charge in [-0.2, -0.15) is 9.78 Å². The predicted molar refractivity (Wildman–Crippen MR) is 95.2 cm³/mol. The number of carbonyl (C=O) groups is 1. The van der Waals surface area contributed by atoms with Crippen LogP contribution < -0.4 is 4.74 Å². The summed E-state index contributed by atoms with van der Waals surface area (Å²) < 4.78 is 7.11. The van der Waals surface area contributed by atoms with Crippen LogP contribution in [0.15, 0.2) is 64.4 Å². The van der Waals surface area contributed by atoms with Crippen LogP contribution in [0.25, 0.3) is 5.69 Å². The first-order valence-corrected chi connectivity index (χ1v) is 8.51. The minimum absolute atomic E-state index is 0.384. The molecule has 0 atom stereocenters. The normalized spacial score (nSPS) is 10.6. The number of ether oxygens (including phenoxy) is 1. The maximum absolute atomic E-state index is 11.6. The Balaban J connectivity index is 2.06. The number of aromatic nitrogens is 2. The minimum atomic E-state index is -0.384. The van der Waals surface area contributed by atoms with E-state index in [0.717, 1.165) is 21.2 Å². The lowest BCUT2D eigenvalue weighted by Crippen LogP contribution is -2.07. The fourth-order valence-corrected chi connectivity index (χ4v) is 3.24. The van der Waals surface area contributed by atoms with Gasteiger partial charge in [0.2, 0.25) is 5.88 Å². The molecule has 2 aromatic carbocycles. The van der Waals surface area contributed by atoms with Crippen molar-refractivity contribution in [3.05, 3.63) is 65.3 Å². The molecule has 6 heteroatoms. The Morgan fingerprint density at radius 1 is 1.12 bits per heavy atom. The van der Waals surface area contributed by atoms with E-state index in [1.807, 2.05) is 61.5 Å². The molecule has 0 aliphatic heterocycles. The van der Waals surface area contributed by atoms with Gasteiger partial charge in [-0.1, -0.05) is 41.6 Å². The summed E-state index contributed by atoms with van der Waals surface area (Å²) in [6, 6.07) is 17.1. The second-order valence-electron chi connectivity index (χ2n) is 5.12. The largest absolute Gasteiger partial charge is 0.406 e. The van der Waals surface area contributed by atoms with Crippen molar-refractivity contribution >= 4 is 29.3 Å². The molecule has 24 heavy (non-hydrogen) atoms. The molecule has 4 nitrogen and oxygen atoms in total. The molecule has 0 bridgehead atoms. The molecule has 1 heterocycles. The van der Waals surface area contributed by atoms with Crippen LogP contribution in [-0.4, -0.2) is 15.7 Å². The van der Waals surface area contributed by atoms with Crippen LogP contribution >= 0.6 is 23.4 Å². The summed E-state index contributed by atoms with van der Waals surface area (Å²) in [6.07, 6.45) is 0. The first kappa shape index (κ1) is 16.6. The van der Waals surface area contributed by atoms with Gasteiger partial charge in [-0.05, 0) is 43.3 Å². The summed E-state index contributed by atoms with van der Waals surface area (Å²) in [7, 11) is 0. The van der Waals surface area contributed by atoms with Gasteiger partial charge in [0.05, 0.1) is 16.3 Å². The van der Waals surface area contributed by atoms with E-state index in [1.54, 1.807) is 4.68 Å². The molecule has 122 valence electrons. The van der Waals surface area contributed by atoms with Crippen molar-refractivity contribution in [1.29, 1.82) is 0 Å². The molecule has 0 spiro atoms. The highest BCUT2D eigenvalue weighted by atomic mass is 35.5. The second-order valence-corrected chi connectivity index (χ2v) is 6.64. The highest BCUT2D eigenvalue weighted by Gasteiger charge is 2.20. The summed E-state index contributed by atoms with van der Waals surface area (Å²) in [4.78, 5) is 13.4.